The van der Waals surface area contributed by atoms with Crippen molar-refractivity contribution < 1.29 is 9.53 Å². The van der Waals surface area contributed by atoms with Crippen LogP contribution in [0.1, 0.15) is 21.6 Å². The molecule has 6 nitrogen and oxygen atoms in total. The first-order valence-electron chi connectivity index (χ1n) is 8.03. The molecule has 0 aliphatic carbocycles. The molecule has 3 aromatic rings. The molecule has 0 unspecified atom stereocenters. The molecule has 3 rings (SSSR count). The molecule has 1 N–H and O–H groups in total. The van der Waals surface area contributed by atoms with E-state index in [1.165, 1.54) is 6.20 Å². The van der Waals surface area contributed by atoms with Crippen LogP contribution < -0.4 is 10.2 Å². The number of methoxy groups -OCH3 is 1. The summed E-state index contributed by atoms with van der Waals surface area (Å²) in [6.45, 7) is 1.98. The molecule has 0 fully saturated rings. The molecule has 1 heterocycles. The van der Waals surface area contributed by atoms with Crippen molar-refractivity contribution in [3.63, 3.8) is 0 Å². The average Bonchev–Trinajstić information content (AvgIpc) is 2.69. The zero-order chi connectivity index (χ0) is 18.4. The molecule has 0 spiro atoms. The van der Waals surface area contributed by atoms with Gasteiger partial charge in [-0.25, -0.2) is 10.4 Å². The summed E-state index contributed by atoms with van der Waals surface area (Å²) in [6.07, 6.45) is 4.62. The number of nitrogens with one attached hydrogen (secondary N) is 1. The molecular formula is C20H18N4O2. The second kappa shape index (κ2) is 8.02. The number of aromatic nitrogens is 2. The van der Waals surface area contributed by atoms with Gasteiger partial charge in [0.2, 0.25) is 0 Å². The van der Waals surface area contributed by atoms with E-state index in [4.69, 9.17) is 4.74 Å². The predicted molar refractivity (Wildman–Crippen MR) is 100 cm³/mol. The number of hydrogen-bond donors (Lipinski definition) is 1. The van der Waals surface area contributed by atoms with Crippen molar-refractivity contribution in [1.82, 2.24) is 15.4 Å². The van der Waals surface area contributed by atoms with Crippen LogP contribution in [-0.2, 0) is 0 Å². The van der Waals surface area contributed by atoms with Crippen LogP contribution in [0.4, 0.5) is 0 Å². The van der Waals surface area contributed by atoms with E-state index in [9.17, 15) is 4.79 Å². The fourth-order valence-corrected chi connectivity index (χ4v) is 2.33. The first kappa shape index (κ1) is 17.3. The third-order valence-corrected chi connectivity index (χ3v) is 3.81. The van der Waals surface area contributed by atoms with Crippen molar-refractivity contribution in [2.45, 2.75) is 6.92 Å². The molecule has 0 aliphatic rings. The highest BCUT2D eigenvalue weighted by Gasteiger charge is 2.09. The van der Waals surface area contributed by atoms with Gasteiger partial charge >= 0.3 is 0 Å². The van der Waals surface area contributed by atoms with Gasteiger partial charge in [-0.05, 0) is 42.3 Å². The molecule has 0 bridgehead atoms. The van der Waals surface area contributed by atoms with Crippen molar-refractivity contribution >= 4 is 12.1 Å². The van der Waals surface area contributed by atoms with Gasteiger partial charge in [-0.2, -0.15) is 5.10 Å². The van der Waals surface area contributed by atoms with Crippen LogP contribution in [0.5, 0.6) is 5.75 Å². The summed E-state index contributed by atoms with van der Waals surface area (Å²) < 4.78 is 5.14. The Labute approximate surface area is 151 Å². The van der Waals surface area contributed by atoms with E-state index < -0.39 is 5.91 Å². The summed E-state index contributed by atoms with van der Waals surface area (Å²) >= 11 is 0. The maximum Gasteiger partial charge on any atom is 0.291 e. The molecule has 0 radical (unpaired) electrons. The Hall–Kier alpha value is -3.54. The Morgan fingerprint density at radius 1 is 1.12 bits per heavy atom. The summed E-state index contributed by atoms with van der Waals surface area (Å²) in [7, 11) is 1.61. The van der Waals surface area contributed by atoms with Crippen molar-refractivity contribution in [2.75, 3.05) is 7.11 Å². The van der Waals surface area contributed by atoms with E-state index in [0.717, 1.165) is 22.4 Å². The normalized spacial score (nSPS) is 10.7. The number of rotatable bonds is 5. The number of nitrogens with zero attached hydrogens (tertiary/aromatic N) is 3. The van der Waals surface area contributed by atoms with Gasteiger partial charge < -0.3 is 4.74 Å². The summed E-state index contributed by atoms with van der Waals surface area (Å²) in [6, 6.07) is 15.2. The second-order valence-corrected chi connectivity index (χ2v) is 5.57. The predicted octanol–water partition coefficient (Wildman–Crippen LogP) is 3.22. The lowest BCUT2D eigenvalue weighted by Crippen LogP contribution is -2.19. The molecule has 26 heavy (non-hydrogen) atoms. The Balaban J connectivity index is 1.72. The standard InChI is InChI=1S/C20H18N4O2/c1-14-5-3-4-6-16(14)11-22-24-20(25)19-13-21-12-18(23-19)15-7-9-17(26-2)10-8-15/h3-13H,1-2H3,(H,24,25)/b22-11+. The quantitative estimate of drug-likeness (QED) is 0.568. The lowest BCUT2D eigenvalue weighted by atomic mass is 10.1. The van der Waals surface area contributed by atoms with Crippen LogP contribution in [0, 0.1) is 6.92 Å². The number of ether oxygens (including phenoxy) is 1. The van der Waals surface area contributed by atoms with Crippen molar-refractivity contribution in [1.29, 1.82) is 0 Å². The van der Waals surface area contributed by atoms with Gasteiger partial charge in [0.15, 0.2) is 0 Å². The Morgan fingerprint density at radius 2 is 1.88 bits per heavy atom. The maximum absolute atomic E-state index is 12.3. The number of benzene rings is 2. The smallest absolute Gasteiger partial charge is 0.291 e. The molecule has 1 amide bonds. The lowest BCUT2D eigenvalue weighted by Gasteiger charge is -2.05. The number of carbonyl (C=O) groups is 1. The van der Waals surface area contributed by atoms with Crippen LogP contribution in [0.2, 0.25) is 0 Å². The zero-order valence-electron chi connectivity index (χ0n) is 14.5. The topological polar surface area (TPSA) is 76.5 Å². The number of hydrogen-bond acceptors (Lipinski definition) is 5. The van der Waals surface area contributed by atoms with Crippen molar-refractivity contribution in [3.05, 3.63) is 77.7 Å². The van der Waals surface area contributed by atoms with Gasteiger partial charge in [0.1, 0.15) is 11.4 Å². The van der Waals surface area contributed by atoms with Gasteiger partial charge in [-0.3, -0.25) is 9.78 Å². The van der Waals surface area contributed by atoms with Crippen LogP contribution in [0.25, 0.3) is 11.3 Å². The van der Waals surface area contributed by atoms with Gasteiger partial charge in [0.05, 0.1) is 31.4 Å². The highest BCUT2D eigenvalue weighted by atomic mass is 16.5. The molecule has 1 aromatic heterocycles. The SMILES string of the molecule is COc1ccc(-c2cncc(C(=O)N/N=C/c3ccccc3C)n2)cc1. The molecule has 0 saturated carbocycles. The largest absolute Gasteiger partial charge is 0.497 e. The highest BCUT2D eigenvalue weighted by Crippen LogP contribution is 2.20. The van der Waals surface area contributed by atoms with Crippen LogP contribution >= 0.6 is 0 Å². The van der Waals surface area contributed by atoms with Crippen LogP contribution in [-0.4, -0.2) is 29.2 Å². The lowest BCUT2D eigenvalue weighted by molar-refractivity contribution is 0.0950. The van der Waals surface area contributed by atoms with Crippen molar-refractivity contribution in [2.24, 2.45) is 5.10 Å². The average molecular weight is 346 g/mol. The zero-order valence-corrected chi connectivity index (χ0v) is 14.5. The minimum absolute atomic E-state index is 0.195. The molecule has 130 valence electrons. The number of amides is 1. The summed E-state index contributed by atoms with van der Waals surface area (Å²) in [5.41, 5.74) is 6.13. The van der Waals surface area contributed by atoms with E-state index in [1.54, 1.807) is 19.5 Å². The Kier molecular flexibility index (Phi) is 5.34. The molecule has 6 heteroatoms. The number of carbonyl (C=O) groups excluding carboxylic acids is 1. The maximum atomic E-state index is 12.3. The van der Waals surface area contributed by atoms with E-state index in [2.05, 4.69) is 20.5 Å². The molecule has 0 saturated heterocycles. The van der Waals surface area contributed by atoms with Gasteiger partial charge in [0.25, 0.3) is 5.91 Å². The molecule has 2 aromatic carbocycles. The van der Waals surface area contributed by atoms with E-state index in [-0.39, 0.29) is 5.69 Å². The van der Waals surface area contributed by atoms with E-state index >= 15 is 0 Å². The highest BCUT2D eigenvalue weighted by molar-refractivity contribution is 5.93. The molecular weight excluding hydrogens is 328 g/mol. The molecule has 0 atom stereocenters. The van der Waals surface area contributed by atoms with E-state index in [1.807, 2.05) is 55.5 Å². The summed E-state index contributed by atoms with van der Waals surface area (Å²) in [4.78, 5) is 20.7. The number of aryl methyl sites for hydroxylation is 1. The third kappa shape index (κ3) is 4.10. The van der Waals surface area contributed by atoms with E-state index in [0.29, 0.717) is 5.69 Å². The second-order valence-electron chi connectivity index (χ2n) is 5.57. The summed E-state index contributed by atoms with van der Waals surface area (Å²) in [5, 5.41) is 3.99. The Bertz CT molecular complexity index is 937. The van der Waals surface area contributed by atoms with Crippen molar-refractivity contribution in [3.8, 4) is 17.0 Å². The van der Waals surface area contributed by atoms with Gasteiger partial charge in [0, 0.05) is 5.56 Å². The molecule has 0 aliphatic heterocycles. The monoisotopic (exact) mass is 346 g/mol. The van der Waals surface area contributed by atoms with Crippen LogP contribution in [0.3, 0.4) is 0 Å². The first-order valence-corrected chi connectivity index (χ1v) is 8.03. The minimum Gasteiger partial charge on any atom is -0.497 e. The first-order chi connectivity index (χ1) is 12.7. The third-order valence-electron chi connectivity index (χ3n) is 3.81. The van der Waals surface area contributed by atoms with Gasteiger partial charge in [-0.1, -0.05) is 24.3 Å². The fourth-order valence-electron chi connectivity index (χ4n) is 2.33. The van der Waals surface area contributed by atoms with Crippen LogP contribution in [0.15, 0.2) is 66.0 Å². The Morgan fingerprint density at radius 3 is 2.62 bits per heavy atom. The van der Waals surface area contributed by atoms with Gasteiger partial charge in [-0.15, -0.1) is 0 Å². The summed E-state index contributed by atoms with van der Waals surface area (Å²) in [5.74, 6) is 0.332. The fraction of sp³-hybridized carbons (Fsp3) is 0.100. The minimum atomic E-state index is -0.419. The number of hydrazone groups is 1.